The number of hydrogen-bond donors (Lipinski definition) is 0. The molecule has 0 saturated carbocycles. The van der Waals surface area contributed by atoms with Crippen LogP contribution in [-0.4, -0.2) is 47.8 Å². The van der Waals surface area contributed by atoms with E-state index >= 15 is 0 Å². The first kappa shape index (κ1) is 18.5. The molecule has 1 aliphatic rings. The molecule has 0 aromatic rings. The van der Waals surface area contributed by atoms with Crippen molar-refractivity contribution in [2.75, 3.05) is 26.2 Å². The van der Waals surface area contributed by atoms with Crippen molar-refractivity contribution < 1.29 is 9.59 Å². The maximum absolute atomic E-state index is 12.5. The van der Waals surface area contributed by atoms with Crippen LogP contribution in [0.5, 0.6) is 0 Å². The van der Waals surface area contributed by atoms with Gasteiger partial charge in [-0.2, -0.15) is 5.26 Å². The van der Waals surface area contributed by atoms with Crippen LogP contribution in [0.4, 0.5) is 0 Å². The third-order valence-corrected chi connectivity index (χ3v) is 4.09. The van der Waals surface area contributed by atoms with E-state index in [-0.39, 0.29) is 18.2 Å². The lowest BCUT2D eigenvalue weighted by atomic mass is 10.0. The minimum Gasteiger partial charge on any atom is -0.343 e. The lowest BCUT2D eigenvalue weighted by Crippen LogP contribution is -2.40. The number of hydrogen-bond acceptors (Lipinski definition) is 3. The summed E-state index contributed by atoms with van der Waals surface area (Å²) in [4.78, 5) is 28.4. The zero-order valence-corrected chi connectivity index (χ0v) is 14.0. The Balaban J connectivity index is 2.64. The van der Waals surface area contributed by atoms with E-state index in [0.717, 1.165) is 51.6 Å². The molecule has 0 radical (unpaired) electrons. The highest BCUT2D eigenvalue weighted by Crippen LogP contribution is 2.15. The number of carbonyl (C=O) groups is 2. The predicted molar refractivity (Wildman–Crippen MR) is 85.9 cm³/mol. The zero-order chi connectivity index (χ0) is 16.4. The van der Waals surface area contributed by atoms with E-state index in [0.29, 0.717) is 13.1 Å². The monoisotopic (exact) mass is 307 g/mol. The summed E-state index contributed by atoms with van der Waals surface area (Å²) in [5, 5.41) is 9.32. The van der Waals surface area contributed by atoms with Crippen LogP contribution >= 0.6 is 0 Å². The summed E-state index contributed by atoms with van der Waals surface area (Å²) in [7, 11) is 0. The molecule has 0 bridgehead atoms. The summed E-state index contributed by atoms with van der Waals surface area (Å²) in [6.07, 6.45) is 6.07. The normalized spacial score (nSPS) is 16.5. The van der Waals surface area contributed by atoms with Crippen molar-refractivity contribution in [1.82, 2.24) is 9.80 Å². The van der Waals surface area contributed by atoms with Gasteiger partial charge in [-0.3, -0.25) is 9.59 Å². The van der Waals surface area contributed by atoms with E-state index in [1.54, 1.807) is 9.80 Å². The van der Waals surface area contributed by atoms with Gasteiger partial charge in [0, 0.05) is 26.2 Å². The lowest BCUT2D eigenvalue weighted by molar-refractivity contribution is -0.139. The summed E-state index contributed by atoms with van der Waals surface area (Å²) in [5.74, 6) is -1.06. The fourth-order valence-corrected chi connectivity index (χ4v) is 2.90. The van der Waals surface area contributed by atoms with Gasteiger partial charge in [-0.25, -0.2) is 0 Å². The van der Waals surface area contributed by atoms with Gasteiger partial charge in [0.1, 0.15) is 5.92 Å². The average Bonchev–Trinajstić information content (AvgIpc) is 2.80. The van der Waals surface area contributed by atoms with Crippen molar-refractivity contribution in [1.29, 1.82) is 5.26 Å². The fourth-order valence-electron chi connectivity index (χ4n) is 2.90. The van der Waals surface area contributed by atoms with Gasteiger partial charge >= 0.3 is 0 Å². The van der Waals surface area contributed by atoms with E-state index in [4.69, 9.17) is 0 Å². The first-order chi connectivity index (χ1) is 10.6. The molecule has 1 unspecified atom stereocenters. The first-order valence-electron chi connectivity index (χ1n) is 8.60. The van der Waals surface area contributed by atoms with Gasteiger partial charge < -0.3 is 9.80 Å². The van der Waals surface area contributed by atoms with E-state index in [1.165, 1.54) is 0 Å². The smallest absolute Gasteiger partial charge is 0.240 e. The molecule has 1 heterocycles. The van der Waals surface area contributed by atoms with Gasteiger partial charge in [-0.15, -0.1) is 0 Å². The zero-order valence-electron chi connectivity index (χ0n) is 14.0. The van der Waals surface area contributed by atoms with Crippen LogP contribution in [-0.2, 0) is 9.59 Å². The Morgan fingerprint density at radius 3 is 2.09 bits per heavy atom. The van der Waals surface area contributed by atoms with Crippen molar-refractivity contribution in [3.05, 3.63) is 0 Å². The van der Waals surface area contributed by atoms with E-state index in [9.17, 15) is 14.9 Å². The highest BCUT2D eigenvalue weighted by Gasteiger charge is 2.28. The second-order valence-electron chi connectivity index (χ2n) is 6.01. The summed E-state index contributed by atoms with van der Waals surface area (Å²) < 4.78 is 0. The Morgan fingerprint density at radius 1 is 1.09 bits per heavy atom. The molecule has 1 fully saturated rings. The molecule has 22 heavy (non-hydrogen) atoms. The predicted octanol–water partition coefficient (Wildman–Crippen LogP) is 2.57. The van der Waals surface area contributed by atoms with Crippen molar-refractivity contribution in [3.8, 4) is 6.07 Å². The Bertz CT molecular complexity index is 389. The van der Waals surface area contributed by atoms with Gasteiger partial charge in [0.25, 0.3) is 0 Å². The van der Waals surface area contributed by atoms with Crippen LogP contribution in [0.15, 0.2) is 0 Å². The standard InChI is InChI=1S/C17H29N3O2/c1-3-9-19(10-4-2)16(21)13-15(14-18)17(22)20-11-7-5-6-8-12-20/h15H,3-13H2,1-2H3. The van der Waals surface area contributed by atoms with Crippen LogP contribution in [0.1, 0.15) is 58.8 Å². The number of rotatable bonds is 7. The molecule has 0 N–H and O–H groups in total. The third-order valence-electron chi connectivity index (χ3n) is 4.09. The Morgan fingerprint density at radius 2 is 1.64 bits per heavy atom. The number of amides is 2. The molecular formula is C17H29N3O2. The number of carbonyl (C=O) groups excluding carboxylic acids is 2. The second-order valence-corrected chi connectivity index (χ2v) is 6.01. The topological polar surface area (TPSA) is 64.4 Å². The molecule has 0 aliphatic carbocycles. The summed E-state index contributed by atoms with van der Waals surface area (Å²) in [5.41, 5.74) is 0. The van der Waals surface area contributed by atoms with Gasteiger partial charge in [0.2, 0.25) is 11.8 Å². The van der Waals surface area contributed by atoms with Crippen LogP contribution < -0.4 is 0 Å². The number of nitriles is 1. The van der Waals surface area contributed by atoms with Crippen molar-refractivity contribution in [2.45, 2.75) is 58.8 Å². The molecule has 1 aliphatic heterocycles. The summed E-state index contributed by atoms with van der Waals surface area (Å²) in [6, 6.07) is 2.05. The summed E-state index contributed by atoms with van der Waals surface area (Å²) >= 11 is 0. The van der Waals surface area contributed by atoms with E-state index < -0.39 is 5.92 Å². The lowest BCUT2D eigenvalue weighted by Gasteiger charge is -2.25. The molecule has 1 rings (SSSR count). The second kappa shape index (κ2) is 10.2. The number of nitrogens with zero attached hydrogens (tertiary/aromatic N) is 3. The largest absolute Gasteiger partial charge is 0.343 e. The van der Waals surface area contributed by atoms with Gasteiger partial charge in [0.15, 0.2) is 0 Å². The van der Waals surface area contributed by atoms with Crippen molar-refractivity contribution >= 4 is 11.8 Å². The summed E-state index contributed by atoms with van der Waals surface area (Å²) in [6.45, 7) is 6.89. The van der Waals surface area contributed by atoms with Crippen molar-refractivity contribution in [2.24, 2.45) is 5.92 Å². The molecule has 0 aromatic heterocycles. The Kier molecular flexibility index (Phi) is 8.57. The van der Waals surface area contributed by atoms with Crippen LogP contribution in [0.2, 0.25) is 0 Å². The molecular weight excluding hydrogens is 278 g/mol. The molecule has 5 nitrogen and oxygen atoms in total. The van der Waals surface area contributed by atoms with E-state index in [2.05, 4.69) is 6.07 Å². The van der Waals surface area contributed by atoms with Crippen LogP contribution in [0.3, 0.4) is 0 Å². The fraction of sp³-hybridized carbons (Fsp3) is 0.824. The number of likely N-dealkylation sites (tertiary alicyclic amines) is 1. The molecule has 2 amide bonds. The maximum Gasteiger partial charge on any atom is 0.240 e. The quantitative estimate of drug-likeness (QED) is 0.726. The molecule has 1 atom stereocenters. The molecule has 1 saturated heterocycles. The van der Waals surface area contributed by atoms with Gasteiger partial charge in [-0.1, -0.05) is 26.7 Å². The van der Waals surface area contributed by atoms with Gasteiger partial charge in [0.05, 0.1) is 12.5 Å². The molecule has 5 heteroatoms. The maximum atomic E-state index is 12.5. The minimum absolute atomic E-state index is 0.0197. The van der Waals surface area contributed by atoms with Crippen molar-refractivity contribution in [3.63, 3.8) is 0 Å². The Labute approximate surface area is 134 Å². The third kappa shape index (κ3) is 5.67. The van der Waals surface area contributed by atoms with Crippen LogP contribution in [0, 0.1) is 17.2 Å². The van der Waals surface area contributed by atoms with E-state index in [1.807, 2.05) is 13.8 Å². The minimum atomic E-state index is -0.832. The molecule has 0 aromatic carbocycles. The first-order valence-corrected chi connectivity index (χ1v) is 8.60. The average molecular weight is 307 g/mol. The SMILES string of the molecule is CCCN(CCC)C(=O)CC(C#N)C(=O)N1CCCCCC1. The van der Waals surface area contributed by atoms with Gasteiger partial charge in [-0.05, 0) is 25.7 Å². The Hall–Kier alpha value is -1.57. The molecule has 124 valence electrons. The highest BCUT2D eigenvalue weighted by atomic mass is 16.2. The molecule has 0 spiro atoms. The van der Waals surface area contributed by atoms with Crippen LogP contribution in [0.25, 0.3) is 0 Å². The highest BCUT2D eigenvalue weighted by molar-refractivity contribution is 5.87.